The fraction of sp³-hybridized carbons (Fsp3) is 0. The third-order valence-electron chi connectivity index (χ3n) is 3.88. The number of benzene rings is 2. The highest BCUT2D eigenvalue weighted by Crippen LogP contribution is 2.22. The molecule has 0 unspecified atom stereocenters. The van der Waals surface area contributed by atoms with Crippen LogP contribution in [0.15, 0.2) is 71.4 Å². The Balaban J connectivity index is 1.60. The molecule has 2 N–H and O–H groups in total. The summed E-state index contributed by atoms with van der Waals surface area (Å²) >= 11 is 0. The summed E-state index contributed by atoms with van der Waals surface area (Å²) in [6, 6.07) is 17.7. The summed E-state index contributed by atoms with van der Waals surface area (Å²) in [5.41, 5.74) is 3.15. The van der Waals surface area contributed by atoms with Crippen LogP contribution < -0.4 is 5.32 Å². The maximum atomic E-state index is 12.2. The van der Waals surface area contributed by atoms with Gasteiger partial charge in [0.1, 0.15) is 6.33 Å². The second kappa shape index (κ2) is 6.21. The Kier molecular flexibility index (Phi) is 3.74. The molecule has 0 aliphatic heterocycles. The molecule has 0 saturated carbocycles. The van der Waals surface area contributed by atoms with E-state index in [-0.39, 0.29) is 11.5 Å². The van der Waals surface area contributed by atoms with Gasteiger partial charge in [0.05, 0.1) is 11.0 Å². The average molecular weight is 347 g/mol. The predicted molar refractivity (Wildman–Crippen MR) is 94.7 cm³/mol. The molecule has 4 aromatic rings. The van der Waals surface area contributed by atoms with Crippen molar-refractivity contribution in [2.45, 2.75) is 0 Å². The number of nitrogens with zero attached hydrogens (tertiary/aromatic N) is 2. The second-order valence-electron chi connectivity index (χ2n) is 5.58. The second-order valence-corrected chi connectivity index (χ2v) is 5.58. The number of nitrogens with one attached hydrogen (secondary N) is 1. The average Bonchev–Trinajstić information content (AvgIpc) is 3.29. The van der Waals surface area contributed by atoms with Crippen molar-refractivity contribution in [1.82, 2.24) is 9.55 Å². The molecule has 0 saturated heterocycles. The molecule has 26 heavy (non-hydrogen) atoms. The first-order chi connectivity index (χ1) is 12.6. The van der Waals surface area contributed by atoms with Crippen LogP contribution in [0.25, 0.3) is 16.7 Å². The lowest BCUT2D eigenvalue weighted by atomic mass is 10.2. The minimum absolute atomic E-state index is 0.0719. The Bertz CT molecular complexity index is 1110. The Morgan fingerprint density at radius 1 is 1.00 bits per heavy atom. The highest BCUT2D eigenvalue weighted by Gasteiger charge is 2.15. The van der Waals surface area contributed by atoms with Crippen LogP contribution in [-0.4, -0.2) is 26.5 Å². The van der Waals surface area contributed by atoms with E-state index >= 15 is 0 Å². The first-order valence-corrected chi connectivity index (χ1v) is 7.79. The summed E-state index contributed by atoms with van der Waals surface area (Å²) in [7, 11) is 0. The van der Waals surface area contributed by atoms with Crippen molar-refractivity contribution < 1.29 is 19.1 Å². The highest BCUT2D eigenvalue weighted by molar-refractivity contribution is 6.03. The maximum Gasteiger partial charge on any atom is 0.371 e. The van der Waals surface area contributed by atoms with Crippen molar-refractivity contribution >= 4 is 28.6 Å². The van der Waals surface area contributed by atoms with E-state index in [2.05, 4.69) is 10.3 Å². The van der Waals surface area contributed by atoms with Gasteiger partial charge < -0.3 is 14.8 Å². The minimum Gasteiger partial charge on any atom is -0.475 e. The summed E-state index contributed by atoms with van der Waals surface area (Å²) in [5, 5.41) is 11.5. The molecule has 0 atom stereocenters. The van der Waals surface area contributed by atoms with Gasteiger partial charge in [0, 0.05) is 11.4 Å². The van der Waals surface area contributed by atoms with Gasteiger partial charge in [0.25, 0.3) is 5.91 Å². The van der Waals surface area contributed by atoms with Gasteiger partial charge in [-0.05, 0) is 42.5 Å². The zero-order valence-corrected chi connectivity index (χ0v) is 13.4. The number of fused-ring (bicyclic) bond motifs is 1. The summed E-state index contributed by atoms with van der Waals surface area (Å²) in [6.45, 7) is 0. The number of hydrogen-bond donors (Lipinski definition) is 2. The number of carboxylic acids is 1. The highest BCUT2D eigenvalue weighted by atomic mass is 16.4. The van der Waals surface area contributed by atoms with E-state index in [1.807, 2.05) is 41.0 Å². The van der Waals surface area contributed by atoms with Crippen molar-refractivity contribution in [3.8, 4) is 5.69 Å². The molecule has 7 heteroatoms. The molecule has 4 rings (SSSR count). The molecule has 1 amide bonds. The number of furan rings is 1. The van der Waals surface area contributed by atoms with E-state index in [9.17, 15) is 9.59 Å². The lowest BCUT2D eigenvalue weighted by Gasteiger charge is -2.06. The van der Waals surface area contributed by atoms with Gasteiger partial charge in [0.2, 0.25) is 5.76 Å². The number of aromatic nitrogens is 2. The van der Waals surface area contributed by atoms with E-state index in [4.69, 9.17) is 9.52 Å². The van der Waals surface area contributed by atoms with Gasteiger partial charge in [-0.2, -0.15) is 0 Å². The number of aromatic carboxylic acids is 1. The zero-order valence-electron chi connectivity index (χ0n) is 13.4. The Morgan fingerprint density at radius 3 is 2.50 bits per heavy atom. The summed E-state index contributed by atoms with van der Waals surface area (Å²) < 4.78 is 6.95. The smallest absolute Gasteiger partial charge is 0.371 e. The summed E-state index contributed by atoms with van der Waals surface area (Å²) in [5.74, 6) is -2.11. The van der Waals surface area contributed by atoms with Gasteiger partial charge in [-0.3, -0.25) is 9.36 Å². The molecule has 0 fully saturated rings. The molecule has 0 bridgehead atoms. The number of amides is 1. The van der Waals surface area contributed by atoms with Gasteiger partial charge in [-0.15, -0.1) is 0 Å². The third kappa shape index (κ3) is 2.82. The monoisotopic (exact) mass is 347 g/mol. The quantitative estimate of drug-likeness (QED) is 0.588. The first-order valence-electron chi connectivity index (χ1n) is 7.79. The normalized spacial score (nSPS) is 10.8. The van der Waals surface area contributed by atoms with E-state index in [1.165, 1.54) is 12.1 Å². The molecular weight excluding hydrogens is 334 g/mol. The minimum atomic E-state index is -1.23. The van der Waals surface area contributed by atoms with Crippen LogP contribution in [0.3, 0.4) is 0 Å². The van der Waals surface area contributed by atoms with E-state index in [1.54, 1.807) is 18.5 Å². The number of carboxylic acid groups (broad SMARTS) is 1. The molecule has 2 aromatic carbocycles. The van der Waals surface area contributed by atoms with E-state index in [0.29, 0.717) is 5.69 Å². The number of anilines is 1. The summed E-state index contributed by atoms with van der Waals surface area (Å²) in [4.78, 5) is 27.4. The first kappa shape index (κ1) is 15.6. The largest absolute Gasteiger partial charge is 0.475 e. The maximum absolute atomic E-state index is 12.2. The van der Waals surface area contributed by atoms with Crippen LogP contribution in [0, 0.1) is 0 Å². The molecule has 0 aliphatic rings. The number of para-hydroxylation sites is 1. The molecular formula is C19H13N3O4. The molecule has 7 nitrogen and oxygen atoms in total. The molecule has 128 valence electrons. The number of carbonyl (C=O) groups excluding carboxylic acids is 1. The van der Waals surface area contributed by atoms with Crippen LogP contribution in [0.1, 0.15) is 21.1 Å². The molecule has 2 heterocycles. The van der Waals surface area contributed by atoms with Crippen molar-refractivity contribution in [3.05, 3.63) is 78.5 Å². The van der Waals surface area contributed by atoms with Crippen molar-refractivity contribution in [2.75, 3.05) is 5.32 Å². The molecule has 0 radical (unpaired) electrons. The van der Waals surface area contributed by atoms with Crippen LogP contribution in [0.2, 0.25) is 0 Å². The van der Waals surface area contributed by atoms with Crippen LogP contribution in [-0.2, 0) is 0 Å². The number of imidazole rings is 1. The Labute approximate surface area is 147 Å². The SMILES string of the molecule is O=C(O)c1ccc(C(=O)Nc2ccc3c(c2)ncn3-c2ccccc2)o1. The number of carbonyl (C=O) groups is 2. The summed E-state index contributed by atoms with van der Waals surface area (Å²) in [6.07, 6.45) is 1.72. The van der Waals surface area contributed by atoms with Crippen molar-refractivity contribution in [1.29, 1.82) is 0 Å². The lowest BCUT2D eigenvalue weighted by molar-refractivity contribution is 0.0660. The molecule has 0 aliphatic carbocycles. The standard InChI is InChI=1S/C19H13N3O4/c23-18(16-8-9-17(26-16)19(24)25)21-12-6-7-15-14(10-12)20-11-22(15)13-4-2-1-3-5-13/h1-11H,(H,21,23)(H,24,25). The van der Waals surface area contributed by atoms with Gasteiger partial charge in [-0.25, -0.2) is 9.78 Å². The van der Waals surface area contributed by atoms with Crippen molar-refractivity contribution in [3.63, 3.8) is 0 Å². The Hall–Kier alpha value is -3.87. The van der Waals surface area contributed by atoms with Crippen molar-refractivity contribution in [2.24, 2.45) is 0 Å². The van der Waals surface area contributed by atoms with Gasteiger partial charge in [0.15, 0.2) is 5.76 Å². The fourth-order valence-corrected chi connectivity index (χ4v) is 2.65. The third-order valence-corrected chi connectivity index (χ3v) is 3.88. The van der Waals surface area contributed by atoms with Gasteiger partial charge >= 0.3 is 5.97 Å². The lowest BCUT2D eigenvalue weighted by Crippen LogP contribution is -2.10. The van der Waals surface area contributed by atoms with Crippen LogP contribution in [0.4, 0.5) is 5.69 Å². The number of hydrogen-bond acceptors (Lipinski definition) is 4. The number of rotatable bonds is 4. The Morgan fingerprint density at radius 2 is 1.77 bits per heavy atom. The topological polar surface area (TPSA) is 97.4 Å². The molecule has 0 spiro atoms. The van der Waals surface area contributed by atoms with E-state index in [0.717, 1.165) is 16.7 Å². The van der Waals surface area contributed by atoms with Gasteiger partial charge in [-0.1, -0.05) is 18.2 Å². The molecule has 2 aromatic heterocycles. The van der Waals surface area contributed by atoms with E-state index < -0.39 is 11.9 Å². The predicted octanol–water partition coefficient (Wildman–Crippen LogP) is 3.57. The zero-order chi connectivity index (χ0) is 18.1. The fourth-order valence-electron chi connectivity index (χ4n) is 2.65. The van der Waals surface area contributed by atoms with Crippen LogP contribution >= 0.6 is 0 Å². The van der Waals surface area contributed by atoms with Crippen LogP contribution in [0.5, 0.6) is 0 Å².